The van der Waals surface area contributed by atoms with E-state index in [0.717, 1.165) is 12.8 Å². The van der Waals surface area contributed by atoms with Gasteiger partial charge in [-0.15, -0.1) is 0 Å². The molecule has 2 unspecified atom stereocenters. The Labute approximate surface area is 140 Å². The highest BCUT2D eigenvalue weighted by Gasteiger charge is 2.29. The van der Waals surface area contributed by atoms with Crippen LogP contribution in [0.25, 0.3) is 0 Å². The van der Waals surface area contributed by atoms with Gasteiger partial charge in [0.1, 0.15) is 5.82 Å². The molecule has 0 saturated carbocycles. The van der Waals surface area contributed by atoms with Crippen LogP contribution in [-0.2, 0) is 19.1 Å². The smallest absolute Gasteiger partial charge is 0.397 e. The fraction of sp³-hybridized carbons (Fsp3) is 0.600. The molecule has 2 heterocycles. The summed E-state index contributed by atoms with van der Waals surface area (Å²) in [6.45, 7) is 5.54. The second-order valence-electron chi connectivity index (χ2n) is 5.62. The molecule has 0 aliphatic carbocycles. The fourth-order valence-electron chi connectivity index (χ4n) is 2.60. The molecule has 1 aliphatic heterocycles. The number of nitrogens with one attached hydrogen (secondary N) is 3. The molecule has 2 amide bonds. The summed E-state index contributed by atoms with van der Waals surface area (Å²) in [5, 5.41) is 12.8. The van der Waals surface area contributed by atoms with Crippen LogP contribution in [0.2, 0.25) is 0 Å². The second kappa shape index (κ2) is 7.91. The summed E-state index contributed by atoms with van der Waals surface area (Å²) in [5.74, 6) is -1.63. The molecule has 0 spiro atoms. The molecule has 2 rings (SSSR count). The molecule has 1 saturated heterocycles. The molecule has 1 fully saturated rings. The van der Waals surface area contributed by atoms with Crippen molar-refractivity contribution in [3.63, 3.8) is 0 Å². The lowest BCUT2D eigenvalue weighted by Gasteiger charge is -2.32. The zero-order valence-corrected chi connectivity index (χ0v) is 14.1. The van der Waals surface area contributed by atoms with Crippen LogP contribution in [0, 0.1) is 6.92 Å². The van der Waals surface area contributed by atoms with Crippen molar-refractivity contribution in [2.24, 2.45) is 0 Å². The van der Waals surface area contributed by atoms with Crippen LogP contribution >= 0.6 is 0 Å². The molecule has 1 aromatic rings. The predicted molar refractivity (Wildman–Crippen MR) is 85.9 cm³/mol. The van der Waals surface area contributed by atoms with Crippen molar-refractivity contribution in [1.82, 2.24) is 20.4 Å². The molecule has 24 heavy (non-hydrogen) atoms. The summed E-state index contributed by atoms with van der Waals surface area (Å²) in [4.78, 5) is 35.2. The molecular weight excluding hydrogens is 314 g/mol. The highest BCUT2D eigenvalue weighted by Crippen LogP contribution is 2.18. The van der Waals surface area contributed by atoms with Crippen molar-refractivity contribution in [1.29, 1.82) is 0 Å². The molecule has 132 valence electrons. The quantitative estimate of drug-likeness (QED) is 0.530. The van der Waals surface area contributed by atoms with Crippen LogP contribution < -0.4 is 16.0 Å². The second-order valence-corrected chi connectivity index (χ2v) is 5.62. The van der Waals surface area contributed by atoms with Crippen LogP contribution in [-0.4, -0.2) is 40.2 Å². The first-order valence-corrected chi connectivity index (χ1v) is 8.04. The topological polar surface area (TPSA) is 114 Å². The van der Waals surface area contributed by atoms with Crippen molar-refractivity contribution in [3.05, 3.63) is 11.8 Å². The SMILES string of the molecule is CCCC1CC(=O)NC(n2nc(C)cc2NC(=O)C(=O)OCC)N1. The van der Waals surface area contributed by atoms with Gasteiger partial charge in [-0.2, -0.15) is 5.10 Å². The van der Waals surface area contributed by atoms with Gasteiger partial charge in [0, 0.05) is 18.5 Å². The minimum atomic E-state index is -0.965. The number of hydrogen-bond acceptors (Lipinski definition) is 6. The lowest BCUT2D eigenvalue weighted by atomic mass is 10.1. The Bertz CT molecular complexity index is 627. The average Bonchev–Trinajstić information content (AvgIpc) is 2.88. The first-order chi connectivity index (χ1) is 11.4. The number of hydrogen-bond donors (Lipinski definition) is 3. The van der Waals surface area contributed by atoms with Crippen molar-refractivity contribution in [2.45, 2.75) is 52.4 Å². The maximum absolute atomic E-state index is 11.9. The largest absolute Gasteiger partial charge is 0.459 e. The third-order valence-electron chi connectivity index (χ3n) is 3.57. The Hall–Kier alpha value is -2.42. The molecule has 0 aromatic carbocycles. The summed E-state index contributed by atoms with van der Waals surface area (Å²) in [6, 6.07) is 1.65. The fourth-order valence-corrected chi connectivity index (χ4v) is 2.60. The van der Waals surface area contributed by atoms with Gasteiger partial charge in [0.05, 0.1) is 12.3 Å². The van der Waals surface area contributed by atoms with Crippen LogP contribution in [0.3, 0.4) is 0 Å². The first kappa shape index (κ1) is 17.9. The zero-order valence-electron chi connectivity index (χ0n) is 14.1. The number of carbonyl (C=O) groups excluding carboxylic acids is 3. The van der Waals surface area contributed by atoms with E-state index in [4.69, 9.17) is 0 Å². The molecule has 3 N–H and O–H groups in total. The lowest BCUT2D eigenvalue weighted by molar-refractivity contribution is -0.152. The van der Waals surface area contributed by atoms with Gasteiger partial charge in [-0.3, -0.25) is 14.9 Å². The normalized spacial score (nSPS) is 20.4. The summed E-state index contributed by atoms with van der Waals surface area (Å²) in [6.07, 6.45) is 1.61. The number of rotatable bonds is 5. The van der Waals surface area contributed by atoms with Gasteiger partial charge in [0.2, 0.25) is 5.91 Å². The summed E-state index contributed by atoms with van der Waals surface area (Å²) in [5.41, 5.74) is 0.642. The number of aromatic nitrogens is 2. The molecule has 9 nitrogen and oxygen atoms in total. The molecule has 0 radical (unpaired) electrons. The number of esters is 1. The van der Waals surface area contributed by atoms with Crippen molar-refractivity contribution in [3.8, 4) is 0 Å². The number of nitrogens with zero attached hydrogens (tertiary/aromatic N) is 2. The van der Waals surface area contributed by atoms with Gasteiger partial charge in [-0.1, -0.05) is 13.3 Å². The standard InChI is InChI=1S/C15H23N5O4/c1-4-6-10-8-12(21)18-15(16-10)20-11(7-9(3)19-20)17-13(22)14(23)24-5-2/h7,10,15-16H,4-6,8H2,1-3H3,(H,17,22)(H,18,21). The predicted octanol–water partition coefficient (Wildman–Crippen LogP) is 0.427. The lowest BCUT2D eigenvalue weighted by Crippen LogP contribution is -2.53. The zero-order chi connectivity index (χ0) is 17.7. The first-order valence-electron chi connectivity index (χ1n) is 8.04. The average molecular weight is 337 g/mol. The van der Waals surface area contributed by atoms with E-state index in [1.807, 2.05) is 6.92 Å². The number of ether oxygens (including phenoxy) is 1. The molecule has 1 aliphatic rings. The van der Waals surface area contributed by atoms with E-state index in [1.165, 1.54) is 4.68 Å². The highest BCUT2D eigenvalue weighted by molar-refractivity contribution is 6.37. The Balaban J connectivity index is 2.17. The minimum absolute atomic E-state index is 0.0341. The molecule has 0 bridgehead atoms. The van der Waals surface area contributed by atoms with Crippen molar-refractivity contribution in [2.75, 3.05) is 11.9 Å². The maximum atomic E-state index is 11.9. The summed E-state index contributed by atoms with van der Waals surface area (Å²) >= 11 is 0. The molecule has 1 aromatic heterocycles. The Morgan fingerprint density at radius 3 is 2.88 bits per heavy atom. The van der Waals surface area contributed by atoms with E-state index < -0.39 is 18.2 Å². The van der Waals surface area contributed by atoms with Gasteiger partial charge in [0.15, 0.2) is 6.29 Å². The Morgan fingerprint density at radius 1 is 1.46 bits per heavy atom. The van der Waals surface area contributed by atoms with Gasteiger partial charge in [-0.05, 0) is 20.3 Å². The Morgan fingerprint density at radius 2 is 2.21 bits per heavy atom. The van der Waals surface area contributed by atoms with Crippen LogP contribution in [0.4, 0.5) is 5.82 Å². The van der Waals surface area contributed by atoms with E-state index in [2.05, 4.69) is 25.8 Å². The van der Waals surface area contributed by atoms with Crippen molar-refractivity contribution >= 4 is 23.6 Å². The van der Waals surface area contributed by atoms with Gasteiger partial charge in [-0.25, -0.2) is 9.48 Å². The molecule has 2 atom stereocenters. The van der Waals surface area contributed by atoms with Crippen LogP contribution in [0.15, 0.2) is 6.07 Å². The number of amides is 2. The highest BCUT2D eigenvalue weighted by atomic mass is 16.5. The summed E-state index contributed by atoms with van der Waals surface area (Å²) in [7, 11) is 0. The van der Waals surface area contributed by atoms with E-state index in [9.17, 15) is 14.4 Å². The van der Waals surface area contributed by atoms with E-state index in [-0.39, 0.29) is 18.6 Å². The van der Waals surface area contributed by atoms with E-state index in [1.54, 1.807) is 19.9 Å². The molecular formula is C15H23N5O4. The van der Waals surface area contributed by atoms with Crippen molar-refractivity contribution < 1.29 is 19.1 Å². The van der Waals surface area contributed by atoms with Gasteiger partial charge < -0.3 is 15.4 Å². The number of carbonyl (C=O) groups is 3. The maximum Gasteiger partial charge on any atom is 0.397 e. The van der Waals surface area contributed by atoms with Gasteiger partial charge >= 0.3 is 11.9 Å². The summed E-state index contributed by atoms with van der Waals surface area (Å²) < 4.78 is 6.12. The third kappa shape index (κ3) is 4.31. The van der Waals surface area contributed by atoms with Crippen LogP contribution in [0.5, 0.6) is 0 Å². The third-order valence-corrected chi connectivity index (χ3v) is 3.57. The van der Waals surface area contributed by atoms with E-state index in [0.29, 0.717) is 17.9 Å². The van der Waals surface area contributed by atoms with E-state index >= 15 is 0 Å². The monoisotopic (exact) mass is 337 g/mol. The van der Waals surface area contributed by atoms with Crippen LogP contribution in [0.1, 0.15) is 45.1 Å². The minimum Gasteiger partial charge on any atom is -0.459 e. The Kier molecular flexibility index (Phi) is 5.91. The molecule has 9 heteroatoms. The van der Waals surface area contributed by atoms with Gasteiger partial charge in [0.25, 0.3) is 0 Å². The number of aryl methyl sites for hydroxylation is 1. The number of anilines is 1.